The number of benzene rings is 2. The fourth-order valence-electron chi connectivity index (χ4n) is 2.91. The molecule has 0 spiro atoms. The van der Waals surface area contributed by atoms with Gasteiger partial charge in [-0.2, -0.15) is 0 Å². The highest BCUT2D eigenvalue weighted by atomic mass is 79.9. The van der Waals surface area contributed by atoms with Crippen LogP contribution >= 0.6 is 15.9 Å². The molecule has 0 radical (unpaired) electrons. The van der Waals surface area contributed by atoms with Gasteiger partial charge >= 0.3 is 0 Å². The number of nitro benzene ring substituents is 1. The molecule has 0 aliphatic carbocycles. The normalized spacial score (nSPS) is 11.0. The van der Waals surface area contributed by atoms with Gasteiger partial charge in [-0.05, 0) is 40.2 Å². The van der Waals surface area contributed by atoms with Crippen LogP contribution in [0.1, 0.15) is 6.92 Å². The number of anilines is 3. The van der Waals surface area contributed by atoms with E-state index in [1.165, 1.54) is 13.0 Å². The van der Waals surface area contributed by atoms with E-state index in [4.69, 9.17) is 14.7 Å². The maximum absolute atomic E-state index is 11.8. The minimum Gasteiger partial charge on any atom is -0.383 e. The fraction of sp³-hybridized carbons (Fsp3) is 0.350. The van der Waals surface area contributed by atoms with Gasteiger partial charge in [-0.3, -0.25) is 14.9 Å². The Kier molecular flexibility index (Phi) is 10.8. The van der Waals surface area contributed by atoms with Crippen molar-refractivity contribution in [2.45, 2.75) is 6.92 Å². The number of hydrogen-bond donors (Lipinski definition) is 3. The Morgan fingerprint density at radius 3 is 2.41 bits per heavy atom. The van der Waals surface area contributed by atoms with Gasteiger partial charge in [-0.25, -0.2) is 10.7 Å². The number of nitrogens with zero attached hydrogens (tertiary/aromatic N) is 4. The molecule has 14 heteroatoms. The van der Waals surface area contributed by atoms with Crippen LogP contribution in [0.25, 0.3) is 0 Å². The summed E-state index contributed by atoms with van der Waals surface area (Å²) in [6, 6.07) is 7.71. The number of rotatable bonds is 13. The topological polar surface area (TPSA) is 160 Å². The highest BCUT2D eigenvalue weighted by molar-refractivity contribution is 9.10. The number of nitrogens with one attached hydrogen (secondary N) is 2. The number of halogens is 1. The maximum atomic E-state index is 11.8. The molecule has 2 rings (SSSR count). The van der Waals surface area contributed by atoms with Crippen LogP contribution in [0, 0.1) is 10.1 Å². The number of hydrogen-bond acceptors (Lipinski definition) is 11. The first-order valence-corrected chi connectivity index (χ1v) is 10.7. The zero-order valence-corrected chi connectivity index (χ0v) is 20.4. The minimum atomic E-state index is -0.650. The Labute approximate surface area is 203 Å². The van der Waals surface area contributed by atoms with Crippen molar-refractivity contribution in [1.82, 2.24) is 0 Å². The molecular formula is C20H25BrN6O7. The number of carbonyl (C=O) groups excluding carboxylic acids is 1. The Bertz CT molecular complexity index is 1030. The van der Waals surface area contributed by atoms with Gasteiger partial charge in [0.1, 0.15) is 5.69 Å². The first-order valence-electron chi connectivity index (χ1n) is 9.91. The van der Waals surface area contributed by atoms with Crippen molar-refractivity contribution in [3.8, 4) is 0 Å². The molecule has 0 aliphatic heterocycles. The highest BCUT2D eigenvalue weighted by Crippen LogP contribution is 2.40. The number of azo groups is 1. The number of nitro groups is 1. The third-order valence-corrected chi connectivity index (χ3v) is 5.05. The van der Waals surface area contributed by atoms with Crippen molar-refractivity contribution >= 4 is 56.0 Å². The SMILES string of the molecule is COCCN(CCOC)c1ccc(N=Nc2c(Br)cc(NOO)cc2[N+](=O)[O-])c(NC(C)=O)c1. The van der Waals surface area contributed by atoms with Gasteiger partial charge in [-0.15, -0.1) is 15.2 Å². The Morgan fingerprint density at radius 2 is 1.85 bits per heavy atom. The molecule has 0 unspecified atom stereocenters. The summed E-state index contributed by atoms with van der Waals surface area (Å²) in [7, 11) is 3.22. The van der Waals surface area contributed by atoms with Crippen molar-refractivity contribution in [2.75, 3.05) is 56.2 Å². The minimum absolute atomic E-state index is 0.0619. The predicted molar refractivity (Wildman–Crippen MR) is 129 cm³/mol. The third kappa shape index (κ3) is 7.71. The molecule has 13 nitrogen and oxygen atoms in total. The number of methoxy groups -OCH3 is 2. The molecule has 2 aromatic carbocycles. The Balaban J connectivity index is 2.47. The second-order valence-electron chi connectivity index (χ2n) is 6.83. The maximum Gasteiger partial charge on any atom is 0.300 e. The van der Waals surface area contributed by atoms with E-state index in [0.717, 1.165) is 11.8 Å². The first kappa shape index (κ1) is 27.1. The molecule has 0 fully saturated rings. The number of carbonyl (C=O) groups is 1. The van der Waals surface area contributed by atoms with Gasteiger partial charge in [0.25, 0.3) is 5.69 Å². The van der Waals surface area contributed by atoms with Gasteiger partial charge in [0.15, 0.2) is 5.69 Å². The summed E-state index contributed by atoms with van der Waals surface area (Å²) in [6.07, 6.45) is 0. The summed E-state index contributed by atoms with van der Waals surface area (Å²) in [6.45, 7) is 3.53. The molecule has 0 heterocycles. The van der Waals surface area contributed by atoms with E-state index >= 15 is 0 Å². The lowest BCUT2D eigenvalue weighted by atomic mass is 10.2. The van der Waals surface area contributed by atoms with Crippen molar-refractivity contribution in [1.29, 1.82) is 0 Å². The fourth-order valence-corrected chi connectivity index (χ4v) is 3.44. The van der Waals surface area contributed by atoms with E-state index in [0.29, 0.717) is 37.7 Å². The molecule has 1 amide bonds. The zero-order chi connectivity index (χ0) is 25.1. The zero-order valence-electron chi connectivity index (χ0n) is 18.8. The van der Waals surface area contributed by atoms with E-state index in [-0.39, 0.29) is 27.4 Å². The van der Waals surface area contributed by atoms with Crippen LogP contribution in [0.2, 0.25) is 0 Å². The first-order chi connectivity index (χ1) is 16.3. The molecule has 0 bridgehead atoms. The van der Waals surface area contributed by atoms with E-state index in [1.807, 2.05) is 4.90 Å². The van der Waals surface area contributed by atoms with Crippen molar-refractivity contribution < 1.29 is 29.4 Å². The molecule has 0 atom stereocenters. The lowest BCUT2D eigenvalue weighted by Crippen LogP contribution is -2.30. The molecule has 2 aromatic rings. The van der Waals surface area contributed by atoms with E-state index in [1.54, 1.807) is 32.4 Å². The van der Waals surface area contributed by atoms with Crippen molar-refractivity contribution in [2.24, 2.45) is 10.2 Å². The molecule has 0 saturated heterocycles. The predicted octanol–water partition coefficient (Wildman–Crippen LogP) is 4.65. The third-order valence-electron chi connectivity index (χ3n) is 4.45. The molecular weight excluding hydrogens is 516 g/mol. The van der Waals surface area contributed by atoms with Gasteiger partial charge < -0.3 is 19.7 Å². The largest absolute Gasteiger partial charge is 0.383 e. The highest BCUT2D eigenvalue weighted by Gasteiger charge is 2.20. The molecule has 0 aromatic heterocycles. The summed E-state index contributed by atoms with van der Waals surface area (Å²) in [5.41, 5.74) is 3.23. The standard InChI is InChI=1S/C20H25BrN6O7/c1-13(28)22-18-12-15(26(6-8-32-2)7-9-33-3)4-5-17(18)23-24-20-16(21)10-14(25-34-31)11-19(20)27(29)30/h4-5,10-12,25,31H,6-9H2,1-3H3,(H,22,28). The smallest absolute Gasteiger partial charge is 0.300 e. The van der Waals surface area contributed by atoms with Crippen LogP contribution in [0.5, 0.6) is 0 Å². The molecule has 0 saturated carbocycles. The Morgan fingerprint density at radius 1 is 1.18 bits per heavy atom. The van der Waals surface area contributed by atoms with E-state index in [2.05, 4.69) is 41.9 Å². The Hall–Kier alpha value is -3.17. The van der Waals surface area contributed by atoms with Gasteiger partial charge in [-0.1, -0.05) is 0 Å². The second-order valence-corrected chi connectivity index (χ2v) is 7.69. The lowest BCUT2D eigenvalue weighted by Gasteiger charge is -2.25. The van der Waals surface area contributed by atoms with Gasteiger partial charge in [0.2, 0.25) is 5.91 Å². The van der Waals surface area contributed by atoms with Crippen LogP contribution in [0.4, 0.5) is 34.1 Å². The molecule has 0 aliphatic rings. The molecule has 3 N–H and O–H groups in total. The number of amides is 1. The lowest BCUT2D eigenvalue weighted by molar-refractivity contribution is -0.384. The van der Waals surface area contributed by atoms with Gasteiger partial charge in [0, 0.05) is 46.0 Å². The van der Waals surface area contributed by atoms with E-state index < -0.39 is 4.92 Å². The summed E-state index contributed by atoms with van der Waals surface area (Å²) in [5, 5.41) is 30.9. The summed E-state index contributed by atoms with van der Waals surface area (Å²) < 4.78 is 10.6. The second kappa shape index (κ2) is 13.5. The van der Waals surface area contributed by atoms with Gasteiger partial charge in [0.05, 0.1) is 34.0 Å². The van der Waals surface area contributed by atoms with Crippen molar-refractivity contribution in [3.63, 3.8) is 0 Å². The van der Waals surface area contributed by atoms with Crippen LogP contribution in [0.3, 0.4) is 0 Å². The quantitative estimate of drug-likeness (QED) is 0.142. The monoisotopic (exact) mass is 540 g/mol. The van der Waals surface area contributed by atoms with Crippen LogP contribution in [-0.4, -0.2) is 56.6 Å². The number of ether oxygens (including phenoxy) is 2. The summed E-state index contributed by atoms with van der Waals surface area (Å²) >= 11 is 3.21. The van der Waals surface area contributed by atoms with Crippen LogP contribution in [0.15, 0.2) is 45.0 Å². The van der Waals surface area contributed by atoms with Crippen LogP contribution < -0.4 is 15.7 Å². The summed E-state index contributed by atoms with van der Waals surface area (Å²) in [5.74, 6) is -0.319. The summed E-state index contributed by atoms with van der Waals surface area (Å²) in [4.78, 5) is 28.5. The average molecular weight is 541 g/mol. The molecule has 184 valence electrons. The average Bonchev–Trinajstić information content (AvgIpc) is 2.78. The molecule has 34 heavy (non-hydrogen) atoms. The van der Waals surface area contributed by atoms with Crippen molar-refractivity contribution in [3.05, 3.63) is 44.9 Å². The van der Waals surface area contributed by atoms with E-state index in [9.17, 15) is 14.9 Å². The van der Waals surface area contributed by atoms with Crippen LogP contribution in [-0.2, 0) is 19.3 Å².